The van der Waals surface area contributed by atoms with Crippen molar-refractivity contribution in [3.8, 4) is 11.5 Å². The highest BCUT2D eigenvalue weighted by Crippen LogP contribution is 2.33. The predicted octanol–water partition coefficient (Wildman–Crippen LogP) is 3.44. The van der Waals surface area contributed by atoms with Crippen LogP contribution in [0.1, 0.15) is 21.5 Å². The Balaban J connectivity index is 1.53. The quantitative estimate of drug-likeness (QED) is 0.719. The minimum atomic E-state index is -0.0111. The van der Waals surface area contributed by atoms with Gasteiger partial charge >= 0.3 is 0 Å². The van der Waals surface area contributed by atoms with Crippen molar-refractivity contribution in [3.63, 3.8) is 0 Å². The second-order valence-corrected chi connectivity index (χ2v) is 6.73. The van der Waals surface area contributed by atoms with Crippen molar-refractivity contribution >= 4 is 17.5 Å². The molecule has 1 aliphatic heterocycles. The molecule has 0 saturated heterocycles. The van der Waals surface area contributed by atoms with E-state index in [1.165, 1.54) is 5.56 Å². The molecule has 1 amide bonds. The van der Waals surface area contributed by atoms with Crippen molar-refractivity contribution < 1.29 is 14.3 Å². The number of carbonyl (C=O) groups is 1. The highest BCUT2D eigenvalue weighted by atomic mass is 16.5. The molecule has 1 N–H and O–H groups in total. The summed E-state index contributed by atoms with van der Waals surface area (Å²) in [5.41, 5.74) is 3.65. The number of aromatic nitrogens is 2. The Morgan fingerprint density at radius 1 is 1.00 bits per heavy atom. The zero-order chi connectivity index (χ0) is 20.2. The SMILES string of the molecule is COc1cc2c(cc1OC)CN(C(=O)c1cccc(Nc3ncccn3)c1)CC2. The molecule has 2 heterocycles. The molecule has 1 aromatic heterocycles. The Morgan fingerprint density at radius 2 is 1.72 bits per heavy atom. The number of rotatable bonds is 5. The molecule has 0 atom stereocenters. The summed E-state index contributed by atoms with van der Waals surface area (Å²) >= 11 is 0. The van der Waals surface area contributed by atoms with Gasteiger partial charge in [-0.3, -0.25) is 4.79 Å². The molecule has 0 spiro atoms. The number of methoxy groups -OCH3 is 2. The van der Waals surface area contributed by atoms with E-state index < -0.39 is 0 Å². The molecule has 0 unspecified atom stereocenters. The number of hydrogen-bond donors (Lipinski definition) is 1. The van der Waals surface area contributed by atoms with Crippen LogP contribution < -0.4 is 14.8 Å². The van der Waals surface area contributed by atoms with E-state index in [9.17, 15) is 4.79 Å². The molecule has 4 rings (SSSR count). The molecule has 29 heavy (non-hydrogen) atoms. The molecule has 0 saturated carbocycles. The third kappa shape index (κ3) is 3.99. The maximum absolute atomic E-state index is 13.1. The summed E-state index contributed by atoms with van der Waals surface area (Å²) in [6, 6.07) is 13.1. The zero-order valence-corrected chi connectivity index (χ0v) is 16.4. The molecular formula is C22H22N4O3. The van der Waals surface area contributed by atoms with E-state index in [2.05, 4.69) is 15.3 Å². The van der Waals surface area contributed by atoms with E-state index in [1.807, 2.05) is 41.3 Å². The van der Waals surface area contributed by atoms with Gasteiger partial charge < -0.3 is 19.7 Å². The monoisotopic (exact) mass is 390 g/mol. The normalized spacial score (nSPS) is 12.8. The van der Waals surface area contributed by atoms with Gasteiger partial charge in [-0.05, 0) is 53.9 Å². The molecule has 7 heteroatoms. The number of hydrogen-bond acceptors (Lipinski definition) is 6. The lowest BCUT2D eigenvalue weighted by Crippen LogP contribution is -2.36. The molecule has 0 fully saturated rings. The van der Waals surface area contributed by atoms with Crippen molar-refractivity contribution in [1.82, 2.24) is 14.9 Å². The second-order valence-electron chi connectivity index (χ2n) is 6.73. The van der Waals surface area contributed by atoms with Crippen LogP contribution in [0.25, 0.3) is 0 Å². The van der Waals surface area contributed by atoms with Gasteiger partial charge in [-0.25, -0.2) is 9.97 Å². The fourth-order valence-electron chi connectivity index (χ4n) is 3.46. The summed E-state index contributed by atoms with van der Waals surface area (Å²) < 4.78 is 10.8. The van der Waals surface area contributed by atoms with Crippen LogP contribution in [-0.4, -0.2) is 41.5 Å². The summed E-state index contributed by atoms with van der Waals surface area (Å²) in [4.78, 5) is 23.3. The van der Waals surface area contributed by atoms with E-state index in [0.29, 0.717) is 36.1 Å². The molecule has 3 aromatic rings. The van der Waals surface area contributed by atoms with Gasteiger partial charge in [-0.1, -0.05) is 6.07 Å². The highest BCUT2D eigenvalue weighted by Gasteiger charge is 2.24. The fraction of sp³-hybridized carbons (Fsp3) is 0.227. The topological polar surface area (TPSA) is 76.6 Å². The number of ether oxygens (including phenoxy) is 2. The Labute approximate surface area is 169 Å². The summed E-state index contributed by atoms with van der Waals surface area (Å²) in [6.45, 7) is 1.19. The number of nitrogens with one attached hydrogen (secondary N) is 1. The summed E-state index contributed by atoms with van der Waals surface area (Å²) in [5.74, 6) is 1.87. The minimum absolute atomic E-state index is 0.0111. The maximum Gasteiger partial charge on any atom is 0.254 e. The Bertz CT molecular complexity index is 1020. The lowest BCUT2D eigenvalue weighted by molar-refractivity contribution is 0.0734. The number of carbonyl (C=O) groups excluding carboxylic acids is 1. The number of amides is 1. The average molecular weight is 390 g/mol. The Kier molecular flexibility index (Phi) is 5.29. The largest absolute Gasteiger partial charge is 0.493 e. The number of anilines is 2. The fourth-order valence-corrected chi connectivity index (χ4v) is 3.46. The first-order valence-corrected chi connectivity index (χ1v) is 9.35. The van der Waals surface area contributed by atoms with E-state index in [-0.39, 0.29) is 5.91 Å². The maximum atomic E-state index is 13.1. The average Bonchev–Trinajstić information content (AvgIpc) is 2.78. The van der Waals surface area contributed by atoms with Gasteiger partial charge in [0.2, 0.25) is 5.95 Å². The minimum Gasteiger partial charge on any atom is -0.493 e. The van der Waals surface area contributed by atoms with Crippen molar-refractivity contribution in [2.45, 2.75) is 13.0 Å². The first-order valence-electron chi connectivity index (χ1n) is 9.35. The second kappa shape index (κ2) is 8.18. The van der Waals surface area contributed by atoms with Crippen LogP contribution in [0.3, 0.4) is 0 Å². The molecule has 0 aliphatic carbocycles. The van der Waals surface area contributed by atoms with Gasteiger partial charge in [-0.2, -0.15) is 0 Å². The van der Waals surface area contributed by atoms with Crippen LogP contribution in [0.5, 0.6) is 11.5 Å². The molecule has 0 bridgehead atoms. The molecule has 7 nitrogen and oxygen atoms in total. The highest BCUT2D eigenvalue weighted by molar-refractivity contribution is 5.95. The van der Waals surface area contributed by atoms with Crippen molar-refractivity contribution in [2.75, 3.05) is 26.1 Å². The lowest BCUT2D eigenvalue weighted by Gasteiger charge is -2.30. The van der Waals surface area contributed by atoms with Gasteiger partial charge in [0.25, 0.3) is 5.91 Å². The molecular weight excluding hydrogens is 368 g/mol. The number of benzene rings is 2. The first-order chi connectivity index (χ1) is 14.2. The van der Waals surface area contributed by atoms with Gasteiger partial charge in [-0.15, -0.1) is 0 Å². The van der Waals surface area contributed by atoms with Gasteiger partial charge in [0.1, 0.15) is 0 Å². The lowest BCUT2D eigenvalue weighted by atomic mass is 9.98. The predicted molar refractivity (Wildman–Crippen MR) is 110 cm³/mol. The van der Waals surface area contributed by atoms with Gasteiger partial charge in [0, 0.05) is 36.7 Å². The molecule has 1 aliphatic rings. The van der Waals surface area contributed by atoms with Crippen LogP contribution in [-0.2, 0) is 13.0 Å². The van der Waals surface area contributed by atoms with E-state index in [4.69, 9.17) is 9.47 Å². The van der Waals surface area contributed by atoms with Crippen molar-refractivity contribution in [1.29, 1.82) is 0 Å². The molecule has 2 aromatic carbocycles. The third-order valence-electron chi connectivity index (χ3n) is 4.94. The van der Waals surface area contributed by atoms with Crippen LogP contribution in [0.15, 0.2) is 54.9 Å². The van der Waals surface area contributed by atoms with Crippen LogP contribution in [0, 0.1) is 0 Å². The van der Waals surface area contributed by atoms with Crippen LogP contribution in [0.4, 0.5) is 11.6 Å². The van der Waals surface area contributed by atoms with Gasteiger partial charge in [0.05, 0.1) is 14.2 Å². The standard InChI is InChI=1S/C22H22N4O3/c1-28-19-12-15-7-10-26(14-17(15)13-20(19)29-2)21(27)16-5-3-6-18(11-16)25-22-23-8-4-9-24-22/h3-6,8-9,11-13H,7,10,14H2,1-2H3,(H,23,24,25). The van der Waals surface area contributed by atoms with Crippen molar-refractivity contribution in [2.24, 2.45) is 0 Å². The van der Waals surface area contributed by atoms with E-state index >= 15 is 0 Å². The zero-order valence-electron chi connectivity index (χ0n) is 16.4. The number of nitrogens with zero attached hydrogens (tertiary/aromatic N) is 3. The van der Waals surface area contributed by atoms with Crippen LogP contribution in [0.2, 0.25) is 0 Å². The smallest absolute Gasteiger partial charge is 0.254 e. The van der Waals surface area contributed by atoms with Crippen LogP contribution >= 0.6 is 0 Å². The molecule has 0 radical (unpaired) electrons. The van der Waals surface area contributed by atoms with E-state index in [0.717, 1.165) is 17.7 Å². The van der Waals surface area contributed by atoms with Crippen molar-refractivity contribution in [3.05, 3.63) is 71.5 Å². The summed E-state index contributed by atoms with van der Waals surface area (Å²) in [5, 5.41) is 3.12. The van der Waals surface area contributed by atoms with Gasteiger partial charge in [0.15, 0.2) is 11.5 Å². The first kappa shape index (κ1) is 18.7. The Morgan fingerprint density at radius 3 is 2.45 bits per heavy atom. The number of fused-ring (bicyclic) bond motifs is 1. The summed E-state index contributed by atoms with van der Waals surface area (Å²) in [6.07, 6.45) is 4.11. The third-order valence-corrected chi connectivity index (χ3v) is 4.94. The molecule has 148 valence electrons. The van der Waals surface area contributed by atoms with E-state index in [1.54, 1.807) is 32.7 Å². The summed E-state index contributed by atoms with van der Waals surface area (Å²) in [7, 11) is 3.25. The Hall–Kier alpha value is -3.61.